The Morgan fingerprint density at radius 3 is 1.73 bits per heavy atom. The number of hydrogen-bond acceptors (Lipinski definition) is 3. The Morgan fingerprint density at radius 1 is 0.676 bits per heavy atom. The number of hydrogen-bond donors (Lipinski definition) is 1. The molecule has 0 aliphatic heterocycles. The Hall–Kier alpha value is -3.01. The second-order valence-electron chi connectivity index (χ2n) is 10.2. The number of aryl methyl sites for hydroxylation is 1. The average molecular weight is 501 g/mol. The van der Waals surface area contributed by atoms with Crippen molar-refractivity contribution in [2.24, 2.45) is 0 Å². The first-order valence-corrected chi connectivity index (χ1v) is 14.4. The summed E-state index contributed by atoms with van der Waals surface area (Å²) in [5.41, 5.74) is 5.26. The lowest BCUT2D eigenvalue weighted by atomic mass is 9.91. The van der Waals surface area contributed by atoms with E-state index in [-0.39, 0.29) is 0 Å². The van der Waals surface area contributed by atoms with Crippen LogP contribution in [-0.4, -0.2) is 21.0 Å². The predicted octanol–water partition coefficient (Wildman–Crippen LogP) is 9.24. The molecular weight excluding hydrogens is 456 g/mol. The molecular formula is C33H44N2O2. The van der Waals surface area contributed by atoms with Crippen molar-refractivity contribution >= 4 is 5.97 Å². The van der Waals surface area contributed by atoms with Gasteiger partial charge in [0.15, 0.2) is 5.82 Å². The minimum atomic E-state index is -0.739. The topological polar surface area (TPSA) is 63.1 Å². The van der Waals surface area contributed by atoms with E-state index in [4.69, 9.17) is 0 Å². The van der Waals surface area contributed by atoms with E-state index >= 15 is 0 Å². The fourth-order valence-electron chi connectivity index (χ4n) is 4.85. The van der Waals surface area contributed by atoms with E-state index < -0.39 is 11.9 Å². The molecule has 3 aromatic rings. The van der Waals surface area contributed by atoms with Crippen LogP contribution in [0, 0.1) is 0 Å². The zero-order valence-electron chi connectivity index (χ0n) is 22.8. The minimum absolute atomic E-state index is 0.432. The van der Waals surface area contributed by atoms with Crippen molar-refractivity contribution in [2.45, 2.75) is 103 Å². The minimum Gasteiger partial charge on any atom is -0.481 e. The summed E-state index contributed by atoms with van der Waals surface area (Å²) < 4.78 is 0. The SMILES string of the molecule is CCCCCCCCCCc1cnc(-c2ccc(-c3ccc(C(CCCCC)C(=O)O)cc3)cc2)nc1. The number of unbranched alkanes of at least 4 members (excludes halogenated alkanes) is 9. The first-order valence-electron chi connectivity index (χ1n) is 14.4. The van der Waals surface area contributed by atoms with E-state index in [0.717, 1.165) is 53.8 Å². The van der Waals surface area contributed by atoms with E-state index in [1.807, 2.05) is 36.7 Å². The molecule has 0 radical (unpaired) electrons. The highest BCUT2D eigenvalue weighted by Gasteiger charge is 2.19. The van der Waals surface area contributed by atoms with Gasteiger partial charge in [0.25, 0.3) is 0 Å². The summed E-state index contributed by atoms with van der Waals surface area (Å²) in [7, 11) is 0. The van der Waals surface area contributed by atoms with Gasteiger partial charge in [-0.3, -0.25) is 4.79 Å². The van der Waals surface area contributed by atoms with Gasteiger partial charge in [0, 0.05) is 18.0 Å². The molecule has 198 valence electrons. The highest BCUT2D eigenvalue weighted by Crippen LogP contribution is 2.28. The molecule has 0 aliphatic rings. The fourth-order valence-corrected chi connectivity index (χ4v) is 4.85. The van der Waals surface area contributed by atoms with Gasteiger partial charge in [0.2, 0.25) is 0 Å². The molecule has 3 rings (SSSR count). The molecule has 0 saturated carbocycles. The Kier molecular flexibility index (Phi) is 12.3. The molecule has 1 heterocycles. The second-order valence-corrected chi connectivity index (χ2v) is 10.2. The predicted molar refractivity (Wildman–Crippen MR) is 154 cm³/mol. The molecule has 1 N–H and O–H groups in total. The quantitative estimate of drug-likeness (QED) is 0.188. The smallest absolute Gasteiger partial charge is 0.310 e. The average Bonchev–Trinajstić information content (AvgIpc) is 2.93. The van der Waals surface area contributed by atoms with Gasteiger partial charge >= 0.3 is 5.97 Å². The maximum absolute atomic E-state index is 11.7. The third-order valence-corrected chi connectivity index (χ3v) is 7.21. The van der Waals surface area contributed by atoms with Crippen LogP contribution in [0.25, 0.3) is 22.5 Å². The van der Waals surface area contributed by atoms with Crippen LogP contribution in [0.3, 0.4) is 0 Å². The van der Waals surface area contributed by atoms with Crippen LogP contribution < -0.4 is 0 Å². The third kappa shape index (κ3) is 9.42. The molecule has 1 unspecified atom stereocenters. The van der Waals surface area contributed by atoms with Gasteiger partial charge < -0.3 is 5.11 Å². The van der Waals surface area contributed by atoms with E-state index in [1.54, 1.807) is 0 Å². The largest absolute Gasteiger partial charge is 0.481 e. The molecule has 0 fully saturated rings. The van der Waals surface area contributed by atoms with Gasteiger partial charge in [-0.15, -0.1) is 0 Å². The summed E-state index contributed by atoms with van der Waals surface area (Å²) in [5, 5.41) is 9.65. The van der Waals surface area contributed by atoms with E-state index in [0.29, 0.717) is 6.42 Å². The maximum Gasteiger partial charge on any atom is 0.310 e. The zero-order chi connectivity index (χ0) is 26.3. The van der Waals surface area contributed by atoms with Gasteiger partial charge in [-0.2, -0.15) is 0 Å². The van der Waals surface area contributed by atoms with Gasteiger partial charge in [-0.05, 0) is 41.5 Å². The Morgan fingerprint density at radius 2 is 1.16 bits per heavy atom. The maximum atomic E-state index is 11.7. The van der Waals surface area contributed by atoms with Crippen LogP contribution in [0.2, 0.25) is 0 Å². The lowest BCUT2D eigenvalue weighted by Crippen LogP contribution is -2.11. The van der Waals surface area contributed by atoms with E-state index in [1.165, 1.54) is 56.9 Å². The summed E-state index contributed by atoms with van der Waals surface area (Å²) in [6, 6.07) is 16.2. The van der Waals surface area contributed by atoms with E-state index in [2.05, 4.69) is 48.1 Å². The number of carbonyl (C=O) groups is 1. The molecule has 1 atom stereocenters. The number of rotatable bonds is 17. The number of benzene rings is 2. The lowest BCUT2D eigenvalue weighted by Gasteiger charge is -2.13. The number of aromatic nitrogens is 2. The summed E-state index contributed by atoms with van der Waals surface area (Å²) in [6.45, 7) is 4.40. The van der Waals surface area contributed by atoms with Crippen LogP contribution in [0.15, 0.2) is 60.9 Å². The number of carboxylic acid groups (broad SMARTS) is 1. The standard InChI is InChI=1S/C33H44N2O2/c1-3-5-7-8-9-10-11-13-14-26-24-34-32(35-25-26)30-22-18-28(19-23-30)27-16-20-29(21-17-27)31(33(36)37)15-12-6-4-2/h16-25,31H,3-15H2,1-2H3,(H,36,37). The first-order chi connectivity index (χ1) is 18.1. The van der Waals surface area contributed by atoms with Crippen molar-refractivity contribution in [3.8, 4) is 22.5 Å². The summed E-state index contributed by atoms with van der Waals surface area (Å²) in [5.74, 6) is -0.423. The van der Waals surface area contributed by atoms with Crippen LogP contribution in [-0.2, 0) is 11.2 Å². The van der Waals surface area contributed by atoms with Crippen LogP contribution in [0.5, 0.6) is 0 Å². The summed E-state index contributed by atoms with van der Waals surface area (Å²) in [4.78, 5) is 21.0. The molecule has 0 spiro atoms. The van der Waals surface area contributed by atoms with Crippen LogP contribution in [0.1, 0.15) is 108 Å². The van der Waals surface area contributed by atoms with Gasteiger partial charge in [0.1, 0.15) is 0 Å². The lowest BCUT2D eigenvalue weighted by molar-refractivity contribution is -0.139. The Bertz CT molecular complexity index is 1040. The highest BCUT2D eigenvalue weighted by atomic mass is 16.4. The molecule has 2 aromatic carbocycles. The molecule has 4 nitrogen and oxygen atoms in total. The van der Waals surface area contributed by atoms with Crippen molar-refractivity contribution in [3.63, 3.8) is 0 Å². The molecule has 0 saturated heterocycles. The molecule has 37 heavy (non-hydrogen) atoms. The summed E-state index contributed by atoms with van der Waals surface area (Å²) >= 11 is 0. The van der Waals surface area contributed by atoms with E-state index in [9.17, 15) is 9.90 Å². The molecule has 4 heteroatoms. The normalized spacial score (nSPS) is 11.9. The Balaban J connectivity index is 1.51. The van der Waals surface area contributed by atoms with Crippen molar-refractivity contribution < 1.29 is 9.90 Å². The number of carboxylic acids is 1. The number of aliphatic carboxylic acids is 1. The molecule has 1 aromatic heterocycles. The van der Waals surface area contributed by atoms with Crippen LogP contribution in [0.4, 0.5) is 0 Å². The van der Waals surface area contributed by atoms with Crippen LogP contribution >= 0.6 is 0 Å². The van der Waals surface area contributed by atoms with Crippen molar-refractivity contribution in [2.75, 3.05) is 0 Å². The monoisotopic (exact) mass is 500 g/mol. The summed E-state index contributed by atoms with van der Waals surface area (Å²) in [6.07, 6.45) is 19.4. The molecule has 0 amide bonds. The van der Waals surface area contributed by atoms with Gasteiger partial charge in [-0.25, -0.2) is 9.97 Å². The first kappa shape index (κ1) is 28.6. The van der Waals surface area contributed by atoms with Crippen molar-refractivity contribution in [1.82, 2.24) is 9.97 Å². The van der Waals surface area contributed by atoms with Crippen molar-refractivity contribution in [1.29, 1.82) is 0 Å². The third-order valence-electron chi connectivity index (χ3n) is 7.21. The second kappa shape index (κ2) is 16.0. The zero-order valence-corrected chi connectivity index (χ0v) is 22.8. The molecule has 0 bridgehead atoms. The fraction of sp³-hybridized carbons (Fsp3) is 0.485. The van der Waals surface area contributed by atoms with Gasteiger partial charge in [0.05, 0.1) is 5.92 Å². The molecule has 0 aliphatic carbocycles. The number of nitrogens with zero attached hydrogens (tertiary/aromatic N) is 2. The Labute approximate surface area is 223 Å². The highest BCUT2D eigenvalue weighted by molar-refractivity contribution is 5.76. The van der Waals surface area contributed by atoms with Crippen molar-refractivity contribution in [3.05, 3.63) is 72.1 Å². The van der Waals surface area contributed by atoms with Gasteiger partial charge in [-0.1, -0.05) is 127 Å².